The molecular weight excluding hydrogens is 132 g/mol. The Morgan fingerprint density at radius 3 is 2.80 bits per heavy atom. The van der Waals surface area contributed by atoms with Crippen LogP contribution in [0, 0.1) is 0 Å². The van der Waals surface area contributed by atoms with Gasteiger partial charge in [-0.2, -0.15) is 0 Å². The summed E-state index contributed by atoms with van der Waals surface area (Å²) in [4.78, 5) is 10.4. The number of unbranched alkanes of at least 4 members (excludes halogenated alkanes) is 1. The van der Waals surface area contributed by atoms with E-state index in [0.717, 1.165) is 12.8 Å². The number of ether oxygens (including phenoxy) is 1. The molecule has 0 rings (SSSR count). The van der Waals surface area contributed by atoms with Crippen molar-refractivity contribution in [2.45, 2.75) is 19.8 Å². The molecule has 0 amide bonds. The molecule has 0 aromatic carbocycles. The number of aliphatic hydroxyl groups excluding tert-OH is 1. The molecule has 0 fully saturated rings. The Kier molecular flexibility index (Phi) is 6.43. The highest BCUT2D eigenvalue weighted by molar-refractivity contribution is 5.80. The van der Waals surface area contributed by atoms with Crippen LogP contribution in [-0.2, 0) is 9.53 Å². The predicted molar refractivity (Wildman–Crippen MR) is 37.8 cm³/mol. The van der Waals surface area contributed by atoms with Crippen LogP contribution >= 0.6 is 0 Å². The molecule has 0 aliphatic carbocycles. The second-order valence-corrected chi connectivity index (χ2v) is 2.10. The number of carbonyl (C=O) groups is 1. The molecule has 0 heterocycles. The standard InChI is InChI=1S/C7H14O3/c1-2-3-4-10-6-7(9)5-8/h8H,2-6H2,1H3. The van der Waals surface area contributed by atoms with Crippen molar-refractivity contribution >= 4 is 5.78 Å². The van der Waals surface area contributed by atoms with Crippen LogP contribution in [0.4, 0.5) is 0 Å². The van der Waals surface area contributed by atoms with E-state index in [9.17, 15) is 4.79 Å². The van der Waals surface area contributed by atoms with Gasteiger partial charge in [-0.3, -0.25) is 4.79 Å². The minimum absolute atomic E-state index is 0.0521. The summed E-state index contributed by atoms with van der Waals surface area (Å²) in [6.07, 6.45) is 2.03. The zero-order valence-electron chi connectivity index (χ0n) is 6.30. The fraction of sp³-hybridized carbons (Fsp3) is 0.857. The monoisotopic (exact) mass is 146 g/mol. The fourth-order valence-corrected chi connectivity index (χ4v) is 0.478. The number of hydrogen-bond donors (Lipinski definition) is 1. The molecule has 0 radical (unpaired) electrons. The Morgan fingerprint density at radius 2 is 2.30 bits per heavy atom. The maximum atomic E-state index is 10.4. The zero-order chi connectivity index (χ0) is 7.82. The number of carbonyl (C=O) groups excluding carboxylic acids is 1. The van der Waals surface area contributed by atoms with Crippen LogP contribution in [-0.4, -0.2) is 30.7 Å². The van der Waals surface area contributed by atoms with E-state index >= 15 is 0 Å². The zero-order valence-corrected chi connectivity index (χ0v) is 6.30. The normalized spacial score (nSPS) is 9.80. The maximum Gasteiger partial charge on any atom is 0.183 e. The van der Waals surface area contributed by atoms with Gasteiger partial charge in [0.1, 0.15) is 13.2 Å². The van der Waals surface area contributed by atoms with Gasteiger partial charge in [0.2, 0.25) is 0 Å². The number of hydrogen-bond acceptors (Lipinski definition) is 3. The molecule has 0 saturated heterocycles. The quantitative estimate of drug-likeness (QED) is 0.550. The molecule has 3 heteroatoms. The number of ketones is 1. The van der Waals surface area contributed by atoms with Crippen LogP contribution in [0.5, 0.6) is 0 Å². The van der Waals surface area contributed by atoms with E-state index in [1.165, 1.54) is 0 Å². The summed E-state index contributed by atoms with van der Waals surface area (Å²) in [7, 11) is 0. The lowest BCUT2D eigenvalue weighted by Gasteiger charge is -1.98. The lowest BCUT2D eigenvalue weighted by molar-refractivity contribution is -0.126. The van der Waals surface area contributed by atoms with E-state index in [2.05, 4.69) is 6.92 Å². The topological polar surface area (TPSA) is 46.5 Å². The minimum atomic E-state index is -0.411. The second-order valence-electron chi connectivity index (χ2n) is 2.10. The van der Waals surface area contributed by atoms with Crippen molar-refractivity contribution in [2.75, 3.05) is 19.8 Å². The molecule has 3 nitrogen and oxygen atoms in total. The molecule has 0 aromatic rings. The van der Waals surface area contributed by atoms with Gasteiger partial charge < -0.3 is 9.84 Å². The van der Waals surface area contributed by atoms with E-state index in [1.807, 2.05) is 0 Å². The molecule has 0 saturated carbocycles. The third-order valence-electron chi connectivity index (χ3n) is 1.08. The van der Waals surface area contributed by atoms with Crippen LogP contribution in [0.3, 0.4) is 0 Å². The fourth-order valence-electron chi connectivity index (χ4n) is 0.478. The third kappa shape index (κ3) is 5.72. The maximum absolute atomic E-state index is 10.4. The highest BCUT2D eigenvalue weighted by atomic mass is 16.5. The Bertz CT molecular complexity index is 90.9. The van der Waals surface area contributed by atoms with Gasteiger partial charge in [-0.1, -0.05) is 13.3 Å². The molecular formula is C7H14O3. The van der Waals surface area contributed by atoms with Gasteiger partial charge in [0, 0.05) is 6.61 Å². The van der Waals surface area contributed by atoms with Crippen LogP contribution in [0.15, 0.2) is 0 Å². The van der Waals surface area contributed by atoms with Crippen molar-refractivity contribution < 1.29 is 14.6 Å². The summed E-state index contributed by atoms with van der Waals surface area (Å²) < 4.78 is 4.92. The lowest BCUT2D eigenvalue weighted by Crippen LogP contribution is -2.12. The van der Waals surface area contributed by atoms with Crippen molar-refractivity contribution in [3.8, 4) is 0 Å². The first kappa shape index (κ1) is 9.59. The molecule has 0 unspecified atom stereocenters. The van der Waals surface area contributed by atoms with Crippen molar-refractivity contribution in [3.63, 3.8) is 0 Å². The number of rotatable bonds is 6. The van der Waals surface area contributed by atoms with E-state index in [-0.39, 0.29) is 12.4 Å². The van der Waals surface area contributed by atoms with Crippen molar-refractivity contribution in [2.24, 2.45) is 0 Å². The molecule has 0 atom stereocenters. The molecule has 10 heavy (non-hydrogen) atoms. The molecule has 60 valence electrons. The van der Waals surface area contributed by atoms with Gasteiger partial charge in [-0.05, 0) is 6.42 Å². The van der Waals surface area contributed by atoms with E-state index in [4.69, 9.17) is 9.84 Å². The first-order chi connectivity index (χ1) is 4.81. The summed E-state index contributed by atoms with van der Waals surface area (Å²) in [6, 6.07) is 0. The number of aliphatic hydroxyl groups is 1. The van der Waals surface area contributed by atoms with Crippen LogP contribution in [0.1, 0.15) is 19.8 Å². The predicted octanol–water partition coefficient (Wildman–Crippen LogP) is 0.365. The van der Waals surface area contributed by atoms with Gasteiger partial charge in [-0.25, -0.2) is 0 Å². The molecule has 0 bridgehead atoms. The van der Waals surface area contributed by atoms with E-state index < -0.39 is 6.61 Å². The Morgan fingerprint density at radius 1 is 1.60 bits per heavy atom. The van der Waals surface area contributed by atoms with Crippen molar-refractivity contribution in [3.05, 3.63) is 0 Å². The third-order valence-corrected chi connectivity index (χ3v) is 1.08. The van der Waals surface area contributed by atoms with E-state index in [1.54, 1.807) is 0 Å². The average Bonchev–Trinajstić information content (AvgIpc) is 1.98. The Balaban J connectivity index is 2.96. The van der Waals surface area contributed by atoms with Crippen molar-refractivity contribution in [1.29, 1.82) is 0 Å². The van der Waals surface area contributed by atoms with Gasteiger partial charge in [0.15, 0.2) is 5.78 Å². The molecule has 0 aromatic heterocycles. The van der Waals surface area contributed by atoms with Gasteiger partial charge >= 0.3 is 0 Å². The highest BCUT2D eigenvalue weighted by Gasteiger charge is 1.96. The Hall–Kier alpha value is -0.410. The molecule has 1 N–H and O–H groups in total. The average molecular weight is 146 g/mol. The molecule has 0 aliphatic heterocycles. The van der Waals surface area contributed by atoms with Crippen LogP contribution in [0.25, 0.3) is 0 Å². The SMILES string of the molecule is CCCCOCC(=O)CO. The lowest BCUT2D eigenvalue weighted by atomic mass is 10.4. The summed E-state index contributed by atoms with van der Waals surface area (Å²) >= 11 is 0. The molecule has 0 aliphatic rings. The van der Waals surface area contributed by atoms with Gasteiger partial charge in [-0.15, -0.1) is 0 Å². The molecule has 0 spiro atoms. The summed E-state index contributed by atoms with van der Waals surface area (Å²) in [6.45, 7) is 2.31. The van der Waals surface area contributed by atoms with Crippen LogP contribution in [0.2, 0.25) is 0 Å². The van der Waals surface area contributed by atoms with Crippen molar-refractivity contribution in [1.82, 2.24) is 0 Å². The Labute approximate surface area is 61.0 Å². The summed E-state index contributed by atoms with van der Waals surface area (Å²) in [5.41, 5.74) is 0. The van der Waals surface area contributed by atoms with Crippen LogP contribution < -0.4 is 0 Å². The summed E-state index contributed by atoms with van der Waals surface area (Å²) in [5, 5.41) is 8.26. The van der Waals surface area contributed by atoms with Gasteiger partial charge in [0.25, 0.3) is 0 Å². The largest absolute Gasteiger partial charge is 0.388 e. The minimum Gasteiger partial charge on any atom is -0.388 e. The first-order valence-electron chi connectivity index (χ1n) is 3.51. The summed E-state index contributed by atoms with van der Waals surface area (Å²) in [5.74, 6) is -0.254. The second kappa shape index (κ2) is 6.71. The first-order valence-corrected chi connectivity index (χ1v) is 3.51. The van der Waals surface area contributed by atoms with E-state index in [0.29, 0.717) is 6.61 Å². The van der Waals surface area contributed by atoms with Gasteiger partial charge in [0.05, 0.1) is 0 Å². The highest BCUT2D eigenvalue weighted by Crippen LogP contribution is 1.87. The number of Topliss-reactive ketones (excluding diaryl/α,β-unsaturated/α-hetero) is 1. The smallest absolute Gasteiger partial charge is 0.183 e.